The molecule has 0 saturated heterocycles. The van der Waals surface area contributed by atoms with E-state index in [1.165, 1.54) is 0 Å². The second kappa shape index (κ2) is 5.93. The Morgan fingerprint density at radius 2 is 1.39 bits per heavy atom. The molecule has 3 rings (SSSR count). The molecule has 0 amide bonds. The van der Waals surface area contributed by atoms with Crippen LogP contribution in [0.4, 0.5) is 0 Å². The number of Topliss-reactive ketones (excluding diaryl/α,β-unsaturated/α-hetero) is 1. The predicted octanol–water partition coefficient (Wildman–Crippen LogP) is 3.30. The molecule has 114 valence electrons. The van der Waals surface area contributed by atoms with E-state index in [0.29, 0.717) is 0 Å². The number of allylic oxidation sites excluding steroid dienone is 2. The summed E-state index contributed by atoms with van der Waals surface area (Å²) in [6, 6.07) is 17.3. The van der Waals surface area contributed by atoms with E-state index >= 15 is 0 Å². The van der Waals surface area contributed by atoms with Gasteiger partial charge in [-0.15, -0.1) is 0 Å². The van der Waals surface area contributed by atoms with E-state index in [-0.39, 0.29) is 12.0 Å². The smallest absolute Gasteiger partial charge is 0.227 e. The lowest BCUT2D eigenvalue weighted by molar-refractivity contribution is -0.119. The third-order valence-electron chi connectivity index (χ3n) is 3.74. The Morgan fingerprint density at radius 1 is 0.783 bits per heavy atom. The summed E-state index contributed by atoms with van der Waals surface area (Å²) in [5, 5.41) is 19.2. The zero-order chi connectivity index (χ0) is 16.4. The number of ketones is 2. The molecule has 4 nitrogen and oxygen atoms in total. The number of carbonyl (C=O) groups excluding carboxylic acids is 2. The monoisotopic (exact) mass is 306 g/mol. The van der Waals surface area contributed by atoms with Gasteiger partial charge in [0.2, 0.25) is 11.6 Å². The molecule has 0 spiro atoms. The van der Waals surface area contributed by atoms with E-state index in [0.717, 1.165) is 22.8 Å². The van der Waals surface area contributed by atoms with Gasteiger partial charge in [-0.25, -0.2) is 0 Å². The summed E-state index contributed by atoms with van der Waals surface area (Å²) >= 11 is 0. The molecule has 2 aromatic carbocycles. The highest BCUT2D eigenvalue weighted by Gasteiger charge is 2.28. The summed E-state index contributed by atoms with van der Waals surface area (Å²) in [7, 11) is 0. The third-order valence-corrected chi connectivity index (χ3v) is 3.74. The van der Waals surface area contributed by atoms with Gasteiger partial charge in [0.25, 0.3) is 0 Å². The van der Waals surface area contributed by atoms with Crippen LogP contribution in [0.15, 0.2) is 77.8 Å². The highest BCUT2D eigenvalue weighted by atomic mass is 16.3. The minimum absolute atomic E-state index is 0.0811. The van der Waals surface area contributed by atoms with Crippen LogP contribution in [-0.4, -0.2) is 21.8 Å². The van der Waals surface area contributed by atoms with Crippen LogP contribution in [0.2, 0.25) is 0 Å². The van der Waals surface area contributed by atoms with E-state index in [4.69, 9.17) is 0 Å². The van der Waals surface area contributed by atoms with Gasteiger partial charge in [-0.05, 0) is 16.7 Å². The Labute approximate surface area is 133 Å². The molecule has 0 unspecified atom stereocenters. The van der Waals surface area contributed by atoms with Gasteiger partial charge >= 0.3 is 0 Å². The van der Waals surface area contributed by atoms with Crippen molar-refractivity contribution in [1.29, 1.82) is 0 Å². The summed E-state index contributed by atoms with van der Waals surface area (Å²) in [6.07, 6.45) is 0.822. The molecule has 0 bridgehead atoms. The van der Waals surface area contributed by atoms with Gasteiger partial charge in [0.15, 0.2) is 11.5 Å². The average Bonchev–Trinajstić information content (AvgIpc) is 2.58. The Kier molecular flexibility index (Phi) is 3.81. The van der Waals surface area contributed by atoms with Gasteiger partial charge < -0.3 is 10.2 Å². The Morgan fingerprint density at radius 3 is 2.04 bits per heavy atom. The molecule has 2 aromatic rings. The first kappa shape index (κ1) is 14.8. The molecular weight excluding hydrogens is 292 g/mol. The van der Waals surface area contributed by atoms with Crippen molar-refractivity contribution in [1.82, 2.24) is 0 Å². The molecule has 0 aromatic heterocycles. The molecule has 23 heavy (non-hydrogen) atoms. The summed E-state index contributed by atoms with van der Waals surface area (Å²) in [4.78, 5) is 23.4. The van der Waals surface area contributed by atoms with Crippen molar-refractivity contribution in [2.45, 2.75) is 6.42 Å². The second-order valence-electron chi connectivity index (χ2n) is 5.29. The minimum atomic E-state index is -0.752. The molecule has 0 atom stereocenters. The van der Waals surface area contributed by atoms with Crippen LogP contribution in [-0.2, 0) is 16.0 Å². The Bertz CT molecular complexity index is 827. The van der Waals surface area contributed by atoms with Crippen LogP contribution in [0.5, 0.6) is 0 Å². The standard InChI is InChI=1S/C19H14O4/c20-16-11-17(21)19(23)15(18(16)22)10-12-6-8-14(9-7-12)13-4-2-1-3-5-13/h1-9,11,20,23H,10H2. The molecule has 0 heterocycles. The van der Waals surface area contributed by atoms with Crippen molar-refractivity contribution in [3.8, 4) is 11.1 Å². The summed E-state index contributed by atoms with van der Waals surface area (Å²) in [5.41, 5.74) is 2.79. The first-order chi connectivity index (χ1) is 11.1. The van der Waals surface area contributed by atoms with E-state index in [1.54, 1.807) is 0 Å². The van der Waals surface area contributed by atoms with Crippen molar-refractivity contribution < 1.29 is 19.8 Å². The first-order valence-electron chi connectivity index (χ1n) is 7.12. The maximum Gasteiger partial charge on any atom is 0.227 e. The molecule has 1 aliphatic carbocycles. The van der Waals surface area contributed by atoms with E-state index in [1.807, 2.05) is 54.6 Å². The second-order valence-corrected chi connectivity index (χ2v) is 5.29. The van der Waals surface area contributed by atoms with Crippen molar-refractivity contribution in [2.24, 2.45) is 0 Å². The summed E-state index contributed by atoms with van der Waals surface area (Å²) < 4.78 is 0. The average molecular weight is 306 g/mol. The molecular formula is C19H14O4. The first-order valence-corrected chi connectivity index (χ1v) is 7.12. The number of hydrogen-bond acceptors (Lipinski definition) is 4. The van der Waals surface area contributed by atoms with E-state index in [9.17, 15) is 19.8 Å². The number of hydrogen-bond donors (Lipinski definition) is 2. The van der Waals surface area contributed by atoms with E-state index < -0.39 is 23.1 Å². The number of carbonyl (C=O) groups is 2. The zero-order valence-corrected chi connectivity index (χ0v) is 12.2. The lowest BCUT2D eigenvalue weighted by Crippen LogP contribution is -2.20. The fourth-order valence-corrected chi connectivity index (χ4v) is 2.48. The van der Waals surface area contributed by atoms with Crippen LogP contribution in [0.25, 0.3) is 11.1 Å². The lowest BCUT2D eigenvalue weighted by Gasteiger charge is -2.12. The van der Waals surface area contributed by atoms with Gasteiger partial charge in [-0.2, -0.15) is 0 Å². The maximum absolute atomic E-state index is 11.9. The van der Waals surface area contributed by atoms with E-state index in [2.05, 4.69) is 0 Å². The number of aliphatic hydroxyl groups excluding tert-OH is 2. The fraction of sp³-hybridized carbons (Fsp3) is 0.0526. The quantitative estimate of drug-likeness (QED) is 0.853. The Hall–Kier alpha value is -3.14. The lowest BCUT2D eigenvalue weighted by atomic mass is 9.93. The molecule has 0 fully saturated rings. The molecule has 1 aliphatic rings. The highest BCUT2D eigenvalue weighted by molar-refractivity contribution is 6.20. The van der Waals surface area contributed by atoms with Gasteiger partial charge in [0.05, 0.1) is 5.57 Å². The van der Waals surface area contributed by atoms with Crippen LogP contribution in [0.1, 0.15) is 5.56 Å². The van der Waals surface area contributed by atoms with Crippen molar-refractivity contribution in [2.75, 3.05) is 0 Å². The molecule has 0 saturated carbocycles. The third kappa shape index (κ3) is 2.92. The number of aliphatic hydroxyl groups is 2. The van der Waals surface area contributed by atoms with Crippen LogP contribution in [0, 0.1) is 0 Å². The normalized spacial score (nSPS) is 14.9. The van der Waals surface area contributed by atoms with Crippen LogP contribution < -0.4 is 0 Å². The zero-order valence-electron chi connectivity index (χ0n) is 12.2. The fourth-order valence-electron chi connectivity index (χ4n) is 2.48. The topological polar surface area (TPSA) is 74.6 Å². The number of benzene rings is 2. The Balaban J connectivity index is 1.85. The molecule has 0 aliphatic heterocycles. The largest absolute Gasteiger partial charge is 0.504 e. The number of rotatable bonds is 3. The van der Waals surface area contributed by atoms with Crippen LogP contribution >= 0.6 is 0 Å². The summed E-state index contributed by atoms with van der Waals surface area (Å²) in [5.74, 6) is -2.70. The molecule has 4 heteroatoms. The van der Waals surface area contributed by atoms with Gasteiger partial charge in [0, 0.05) is 12.5 Å². The van der Waals surface area contributed by atoms with Gasteiger partial charge in [-0.3, -0.25) is 9.59 Å². The predicted molar refractivity (Wildman–Crippen MR) is 86.0 cm³/mol. The molecule has 2 N–H and O–H groups in total. The molecule has 0 radical (unpaired) electrons. The van der Waals surface area contributed by atoms with Crippen molar-refractivity contribution >= 4 is 11.6 Å². The SMILES string of the molecule is O=C1C=C(O)C(=O)C(Cc2ccc(-c3ccccc3)cc2)=C1O. The summed E-state index contributed by atoms with van der Waals surface area (Å²) in [6.45, 7) is 0. The minimum Gasteiger partial charge on any atom is -0.504 e. The maximum atomic E-state index is 11.9. The van der Waals surface area contributed by atoms with Crippen molar-refractivity contribution in [3.05, 3.63) is 83.3 Å². The highest BCUT2D eigenvalue weighted by Crippen LogP contribution is 2.23. The van der Waals surface area contributed by atoms with Crippen molar-refractivity contribution in [3.63, 3.8) is 0 Å². The van der Waals surface area contributed by atoms with Crippen LogP contribution in [0.3, 0.4) is 0 Å². The van der Waals surface area contributed by atoms with Gasteiger partial charge in [-0.1, -0.05) is 54.6 Å². The van der Waals surface area contributed by atoms with Gasteiger partial charge in [0.1, 0.15) is 0 Å².